The lowest BCUT2D eigenvalue weighted by atomic mass is 9.81. The summed E-state index contributed by atoms with van der Waals surface area (Å²) < 4.78 is 6.34. The molecule has 1 aliphatic rings. The predicted octanol–water partition coefficient (Wildman–Crippen LogP) is 5.13. The average molecular weight is 343 g/mol. The minimum atomic E-state index is 0.481. The Bertz CT molecular complexity index is 816. The van der Waals surface area contributed by atoms with Gasteiger partial charge in [-0.05, 0) is 36.1 Å². The van der Waals surface area contributed by atoms with Crippen LogP contribution in [0.1, 0.15) is 17.9 Å². The van der Waals surface area contributed by atoms with Crippen LogP contribution < -0.4 is 10.1 Å². The quantitative estimate of drug-likeness (QED) is 0.694. The van der Waals surface area contributed by atoms with Gasteiger partial charge in [0, 0.05) is 18.0 Å². The van der Waals surface area contributed by atoms with Gasteiger partial charge >= 0.3 is 0 Å². The third-order valence-electron chi connectivity index (χ3n) is 5.26. The molecule has 1 aliphatic heterocycles. The van der Waals surface area contributed by atoms with Crippen molar-refractivity contribution in [2.45, 2.75) is 12.3 Å². The first-order valence-electron chi connectivity index (χ1n) is 9.45. The van der Waals surface area contributed by atoms with E-state index >= 15 is 0 Å². The molecule has 2 atom stereocenters. The molecule has 0 bridgehead atoms. The SMILES string of the molecule is c1ccc(-c2ccccc2OC[C@H]2CNCC[C@H]2c2ccccc2)cc1. The Kier molecular flexibility index (Phi) is 5.32. The first-order valence-corrected chi connectivity index (χ1v) is 9.45. The van der Waals surface area contributed by atoms with E-state index in [9.17, 15) is 0 Å². The summed E-state index contributed by atoms with van der Waals surface area (Å²) in [6, 6.07) is 29.7. The zero-order valence-corrected chi connectivity index (χ0v) is 15.0. The van der Waals surface area contributed by atoms with Crippen LogP contribution in [-0.4, -0.2) is 19.7 Å². The zero-order chi connectivity index (χ0) is 17.6. The van der Waals surface area contributed by atoms with Crippen molar-refractivity contribution in [3.05, 3.63) is 90.5 Å². The summed E-state index contributed by atoms with van der Waals surface area (Å²) in [6.07, 6.45) is 1.17. The second-order valence-corrected chi connectivity index (χ2v) is 6.94. The lowest BCUT2D eigenvalue weighted by Crippen LogP contribution is -2.38. The van der Waals surface area contributed by atoms with E-state index in [0.717, 1.165) is 31.0 Å². The van der Waals surface area contributed by atoms with Crippen LogP contribution in [0.4, 0.5) is 0 Å². The van der Waals surface area contributed by atoms with Crippen molar-refractivity contribution in [1.82, 2.24) is 5.32 Å². The van der Waals surface area contributed by atoms with E-state index in [-0.39, 0.29) is 0 Å². The normalized spacial score (nSPS) is 19.8. The molecule has 1 N–H and O–H groups in total. The minimum absolute atomic E-state index is 0.481. The Morgan fingerprint density at radius 3 is 2.31 bits per heavy atom. The highest BCUT2D eigenvalue weighted by Gasteiger charge is 2.27. The van der Waals surface area contributed by atoms with E-state index in [1.165, 1.54) is 17.5 Å². The summed E-state index contributed by atoms with van der Waals surface area (Å²) >= 11 is 0. The van der Waals surface area contributed by atoms with E-state index in [1.807, 2.05) is 6.07 Å². The Hall–Kier alpha value is -2.58. The molecule has 0 radical (unpaired) electrons. The van der Waals surface area contributed by atoms with Gasteiger partial charge in [-0.1, -0.05) is 78.9 Å². The van der Waals surface area contributed by atoms with Crippen LogP contribution in [0.25, 0.3) is 11.1 Å². The summed E-state index contributed by atoms with van der Waals surface area (Å²) in [7, 11) is 0. The molecule has 3 aromatic carbocycles. The van der Waals surface area contributed by atoms with Crippen LogP contribution in [0.15, 0.2) is 84.9 Å². The molecular formula is C24H25NO. The van der Waals surface area contributed by atoms with Crippen molar-refractivity contribution in [2.24, 2.45) is 5.92 Å². The Morgan fingerprint density at radius 1 is 0.808 bits per heavy atom. The van der Waals surface area contributed by atoms with Gasteiger partial charge in [0.05, 0.1) is 6.61 Å². The monoisotopic (exact) mass is 343 g/mol. The van der Waals surface area contributed by atoms with E-state index in [1.54, 1.807) is 0 Å². The lowest BCUT2D eigenvalue weighted by molar-refractivity contribution is 0.197. The molecule has 2 nitrogen and oxygen atoms in total. The zero-order valence-electron chi connectivity index (χ0n) is 15.0. The maximum absolute atomic E-state index is 6.34. The number of hydrogen-bond donors (Lipinski definition) is 1. The fourth-order valence-corrected chi connectivity index (χ4v) is 3.88. The van der Waals surface area contributed by atoms with Crippen LogP contribution in [0.5, 0.6) is 5.75 Å². The third-order valence-corrected chi connectivity index (χ3v) is 5.26. The standard InChI is InChI=1S/C24H25NO/c1-3-9-19(10-4-1)22-15-16-25-17-21(22)18-26-24-14-8-7-13-23(24)20-11-5-2-6-12-20/h1-14,21-22,25H,15-18H2/t21-,22+/m1/s1. The molecule has 0 saturated carbocycles. The van der Waals surface area contributed by atoms with E-state index in [2.05, 4.69) is 84.2 Å². The van der Waals surface area contributed by atoms with Crippen LogP contribution in [0.2, 0.25) is 0 Å². The largest absolute Gasteiger partial charge is 0.493 e. The van der Waals surface area contributed by atoms with Gasteiger partial charge in [-0.2, -0.15) is 0 Å². The first kappa shape index (κ1) is 16.9. The van der Waals surface area contributed by atoms with Crippen molar-refractivity contribution in [3.63, 3.8) is 0 Å². The van der Waals surface area contributed by atoms with Crippen molar-refractivity contribution in [2.75, 3.05) is 19.7 Å². The fourth-order valence-electron chi connectivity index (χ4n) is 3.88. The molecule has 0 amide bonds. The molecular weight excluding hydrogens is 318 g/mol. The lowest BCUT2D eigenvalue weighted by Gasteiger charge is -2.32. The maximum Gasteiger partial charge on any atom is 0.127 e. The topological polar surface area (TPSA) is 21.3 Å². The number of piperidine rings is 1. The molecule has 1 fully saturated rings. The summed E-state index contributed by atoms with van der Waals surface area (Å²) in [5, 5.41) is 3.54. The number of hydrogen-bond acceptors (Lipinski definition) is 2. The highest BCUT2D eigenvalue weighted by atomic mass is 16.5. The summed E-state index contributed by atoms with van der Waals surface area (Å²) in [5.74, 6) is 2.01. The van der Waals surface area contributed by atoms with Gasteiger partial charge in [-0.15, -0.1) is 0 Å². The molecule has 0 unspecified atom stereocenters. The van der Waals surface area contributed by atoms with Crippen molar-refractivity contribution in [1.29, 1.82) is 0 Å². The number of rotatable bonds is 5. The van der Waals surface area contributed by atoms with E-state index in [4.69, 9.17) is 4.74 Å². The minimum Gasteiger partial charge on any atom is -0.493 e. The molecule has 0 spiro atoms. The molecule has 26 heavy (non-hydrogen) atoms. The van der Waals surface area contributed by atoms with Gasteiger partial charge in [-0.25, -0.2) is 0 Å². The summed E-state index contributed by atoms with van der Waals surface area (Å²) in [6.45, 7) is 2.82. The third kappa shape index (κ3) is 3.81. The van der Waals surface area contributed by atoms with Gasteiger partial charge < -0.3 is 10.1 Å². The molecule has 1 saturated heterocycles. The van der Waals surface area contributed by atoms with Gasteiger partial charge in [-0.3, -0.25) is 0 Å². The predicted molar refractivity (Wildman–Crippen MR) is 108 cm³/mol. The molecule has 3 aromatic rings. The first-order chi connectivity index (χ1) is 12.9. The number of benzene rings is 3. The number of ether oxygens (including phenoxy) is 1. The summed E-state index contributed by atoms with van der Waals surface area (Å²) in [5.41, 5.74) is 3.79. The highest BCUT2D eigenvalue weighted by molar-refractivity contribution is 5.70. The molecule has 0 aliphatic carbocycles. The van der Waals surface area contributed by atoms with E-state index in [0.29, 0.717) is 11.8 Å². The van der Waals surface area contributed by atoms with Crippen LogP contribution in [0, 0.1) is 5.92 Å². The molecule has 1 heterocycles. The number of para-hydroxylation sites is 1. The van der Waals surface area contributed by atoms with Gasteiger partial charge in [0.15, 0.2) is 0 Å². The second kappa shape index (κ2) is 8.20. The summed E-state index contributed by atoms with van der Waals surface area (Å²) in [4.78, 5) is 0. The van der Waals surface area contributed by atoms with E-state index < -0.39 is 0 Å². The molecule has 2 heteroatoms. The van der Waals surface area contributed by atoms with Crippen molar-refractivity contribution < 1.29 is 4.74 Å². The van der Waals surface area contributed by atoms with Crippen LogP contribution in [-0.2, 0) is 0 Å². The average Bonchev–Trinajstić information content (AvgIpc) is 2.74. The maximum atomic E-state index is 6.34. The second-order valence-electron chi connectivity index (χ2n) is 6.94. The molecule has 4 rings (SSSR count). The van der Waals surface area contributed by atoms with Gasteiger partial charge in [0.25, 0.3) is 0 Å². The number of nitrogens with one attached hydrogen (secondary N) is 1. The highest BCUT2D eigenvalue weighted by Crippen LogP contribution is 2.33. The van der Waals surface area contributed by atoms with Gasteiger partial charge in [0.2, 0.25) is 0 Å². The van der Waals surface area contributed by atoms with Crippen molar-refractivity contribution >= 4 is 0 Å². The Labute approximate surface area is 155 Å². The Morgan fingerprint density at radius 2 is 1.50 bits per heavy atom. The van der Waals surface area contributed by atoms with Crippen LogP contribution in [0.3, 0.4) is 0 Å². The van der Waals surface area contributed by atoms with Gasteiger partial charge in [0.1, 0.15) is 5.75 Å². The fraction of sp³-hybridized carbons (Fsp3) is 0.250. The molecule has 0 aromatic heterocycles. The van der Waals surface area contributed by atoms with Crippen molar-refractivity contribution in [3.8, 4) is 16.9 Å². The smallest absolute Gasteiger partial charge is 0.127 e. The Balaban J connectivity index is 1.52. The molecule has 132 valence electrons. The van der Waals surface area contributed by atoms with Crippen LogP contribution >= 0.6 is 0 Å².